The summed E-state index contributed by atoms with van der Waals surface area (Å²) in [5.74, 6) is 0. The van der Waals surface area contributed by atoms with Crippen LogP contribution < -0.4 is 10.6 Å². The fraction of sp³-hybridized carbons (Fsp3) is 0.500. The summed E-state index contributed by atoms with van der Waals surface area (Å²) in [6.07, 6.45) is 3.34. The van der Waals surface area contributed by atoms with Crippen LogP contribution in [0.5, 0.6) is 0 Å². The molecule has 1 aromatic carbocycles. The molecule has 1 rings (SSSR count). The van der Waals surface area contributed by atoms with E-state index in [9.17, 15) is 4.79 Å². The molecule has 0 fully saturated rings. The van der Waals surface area contributed by atoms with Crippen molar-refractivity contribution in [2.45, 2.75) is 45.7 Å². The summed E-state index contributed by atoms with van der Waals surface area (Å²) < 4.78 is 1.05. The predicted octanol–water partition coefficient (Wildman–Crippen LogP) is 3.83. The third-order valence-electron chi connectivity index (χ3n) is 2.73. The van der Waals surface area contributed by atoms with E-state index in [0.717, 1.165) is 29.3 Å². The van der Waals surface area contributed by atoms with E-state index in [-0.39, 0.29) is 12.1 Å². The Labute approximate surface area is 117 Å². The lowest BCUT2D eigenvalue weighted by Gasteiger charge is -2.14. The van der Waals surface area contributed by atoms with Crippen molar-refractivity contribution in [3.05, 3.63) is 34.3 Å². The molecule has 18 heavy (non-hydrogen) atoms. The zero-order chi connectivity index (χ0) is 13.4. The van der Waals surface area contributed by atoms with E-state index >= 15 is 0 Å². The van der Waals surface area contributed by atoms with Crippen molar-refractivity contribution < 1.29 is 4.79 Å². The molecule has 0 spiro atoms. The predicted molar refractivity (Wildman–Crippen MR) is 78.5 cm³/mol. The number of carbonyl (C=O) groups excluding carboxylic acids is 1. The lowest BCUT2D eigenvalue weighted by atomic mass is 10.1. The number of unbranched alkanes of at least 4 members (excludes halogenated alkanes) is 1. The van der Waals surface area contributed by atoms with Gasteiger partial charge >= 0.3 is 6.03 Å². The summed E-state index contributed by atoms with van der Waals surface area (Å²) in [7, 11) is 0. The smallest absolute Gasteiger partial charge is 0.315 e. The van der Waals surface area contributed by atoms with Gasteiger partial charge in [0.25, 0.3) is 0 Å². The maximum Gasteiger partial charge on any atom is 0.315 e. The monoisotopic (exact) mass is 312 g/mol. The van der Waals surface area contributed by atoms with E-state index in [0.29, 0.717) is 6.54 Å². The average Bonchev–Trinajstić information content (AvgIpc) is 2.35. The first kappa shape index (κ1) is 15.0. The molecule has 0 aliphatic carbocycles. The Morgan fingerprint density at radius 3 is 2.61 bits per heavy atom. The van der Waals surface area contributed by atoms with Crippen molar-refractivity contribution in [1.29, 1.82) is 0 Å². The molecule has 2 amide bonds. The lowest BCUT2D eigenvalue weighted by molar-refractivity contribution is 0.236. The molecular weight excluding hydrogens is 292 g/mol. The zero-order valence-corrected chi connectivity index (χ0v) is 12.6. The van der Waals surface area contributed by atoms with Gasteiger partial charge in [-0.3, -0.25) is 0 Å². The van der Waals surface area contributed by atoms with Crippen LogP contribution in [0, 0.1) is 0 Å². The third kappa shape index (κ3) is 6.05. The van der Waals surface area contributed by atoms with Crippen molar-refractivity contribution in [2.24, 2.45) is 0 Å². The number of hydrogen-bond acceptors (Lipinski definition) is 1. The van der Waals surface area contributed by atoms with Gasteiger partial charge in [-0.15, -0.1) is 0 Å². The minimum Gasteiger partial charge on any atom is -0.336 e. The SMILES string of the molecule is CCCC[C@H](C)NC(=O)NCc1ccc(Br)cc1. The van der Waals surface area contributed by atoms with Gasteiger partial charge in [0.05, 0.1) is 0 Å². The van der Waals surface area contributed by atoms with Gasteiger partial charge in [0.1, 0.15) is 0 Å². The number of rotatable bonds is 6. The topological polar surface area (TPSA) is 41.1 Å². The molecule has 0 aliphatic rings. The van der Waals surface area contributed by atoms with E-state index in [1.54, 1.807) is 0 Å². The second-order valence-electron chi connectivity index (χ2n) is 4.50. The number of amides is 2. The van der Waals surface area contributed by atoms with Crippen LogP contribution in [-0.2, 0) is 6.54 Å². The fourth-order valence-corrected chi connectivity index (χ4v) is 1.91. The highest BCUT2D eigenvalue weighted by molar-refractivity contribution is 9.10. The Kier molecular flexibility index (Phi) is 6.80. The van der Waals surface area contributed by atoms with Gasteiger partial charge in [-0.25, -0.2) is 4.79 Å². The third-order valence-corrected chi connectivity index (χ3v) is 3.26. The Bertz CT molecular complexity index is 365. The Morgan fingerprint density at radius 1 is 1.33 bits per heavy atom. The number of benzene rings is 1. The highest BCUT2D eigenvalue weighted by Gasteiger charge is 2.05. The standard InChI is InChI=1S/C14H21BrN2O/c1-3-4-5-11(2)17-14(18)16-10-12-6-8-13(15)9-7-12/h6-9,11H,3-5,10H2,1-2H3,(H2,16,17,18)/t11-/m0/s1. The maximum atomic E-state index is 11.6. The molecule has 4 heteroatoms. The summed E-state index contributed by atoms with van der Waals surface area (Å²) in [4.78, 5) is 11.6. The van der Waals surface area contributed by atoms with Crippen LogP contribution in [0.2, 0.25) is 0 Å². The van der Waals surface area contributed by atoms with Crippen molar-refractivity contribution in [2.75, 3.05) is 0 Å². The van der Waals surface area contributed by atoms with Gasteiger partial charge in [0, 0.05) is 17.1 Å². The van der Waals surface area contributed by atoms with E-state index < -0.39 is 0 Å². The van der Waals surface area contributed by atoms with Crippen LogP contribution in [0.15, 0.2) is 28.7 Å². The second kappa shape index (κ2) is 8.14. The van der Waals surface area contributed by atoms with E-state index in [1.807, 2.05) is 31.2 Å². The first-order chi connectivity index (χ1) is 8.61. The van der Waals surface area contributed by atoms with Crippen LogP contribution in [0.4, 0.5) is 4.79 Å². The molecule has 0 unspecified atom stereocenters. The molecule has 1 aromatic rings. The molecule has 1 atom stereocenters. The van der Waals surface area contributed by atoms with Crippen molar-refractivity contribution in [3.63, 3.8) is 0 Å². The van der Waals surface area contributed by atoms with Crippen LogP contribution in [-0.4, -0.2) is 12.1 Å². The molecule has 0 aliphatic heterocycles. The number of halogens is 1. The molecule has 0 saturated heterocycles. The summed E-state index contributed by atoms with van der Waals surface area (Å²) >= 11 is 3.38. The van der Waals surface area contributed by atoms with Crippen LogP contribution >= 0.6 is 15.9 Å². The fourth-order valence-electron chi connectivity index (χ4n) is 1.64. The minimum atomic E-state index is -0.0958. The second-order valence-corrected chi connectivity index (χ2v) is 5.41. The molecule has 2 N–H and O–H groups in total. The molecule has 0 aromatic heterocycles. The summed E-state index contributed by atoms with van der Waals surface area (Å²) in [5.41, 5.74) is 1.09. The van der Waals surface area contributed by atoms with E-state index in [4.69, 9.17) is 0 Å². The minimum absolute atomic E-state index is 0.0958. The average molecular weight is 313 g/mol. The lowest BCUT2D eigenvalue weighted by Crippen LogP contribution is -2.40. The Balaban J connectivity index is 2.26. The van der Waals surface area contributed by atoms with Gasteiger partial charge < -0.3 is 10.6 Å². The molecule has 0 saturated carbocycles. The first-order valence-corrected chi connectivity index (χ1v) is 7.20. The summed E-state index contributed by atoms with van der Waals surface area (Å²) in [5, 5.41) is 5.80. The molecule has 0 radical (unpaired) electrons. The van der Waals surface area contributed by atoms with Crippen LogP contribution in [0.25, 0.3) is 0 Å². The van der Waals surface area contributed by atoms with E-state index in [2.05, 4.69) is 33.5 Å². The summed E-state index contributed by atoms with van der Waals surface area (Å²) in [6, 6.07) is 8.06. The van der Waals surface area contributed by atoms with Crippen molar-refractivity contribution in [3.8, 4) is 0 Å². The Hall–Kier alpha value is -1.03. The Morgan fingerprint density at radius 2 is 2.00 bits per heavy atom. The maximum absolute atomic E-state index is 11.6. The van der Waals surface area contributed by atoms with E-state index in [1.165, 1.54) is 0 Å². The van der Waals surface area contributed by atoms with Crippen LogP contribution in [0.3, 0.4) is 0 Å². The van der Waals surface area contributed by atoms with Crippen molar-refractivity contribution >= 4 is 22.0 Å². The quantitative estimate of drug-likeness (QED) is 0.823. The highest BCUT2D eigenvalue weighted by atomic mass is 79.9. The highest BCUT2D eigenvalue weighted by Crippen LogP contribution is 2.10. The number of carbonyl (C=O) groups is 1. The molecule has 100 valence electrons. The van der Waals surface area contributed by atoms with Gasteiger partial charge in [-0.1, -0.05) is 47.8 Å². The zero-order valence-electron chi connectivity index (χ0n) is 11.0. The first-order valence-electron chi connectivity index (χ1n) is 6.40. The number of hydrogen-bond donors (Lipinski definition) is 2. The van der Waals surface area contributed by atoms with Gasteiger partial charge in [0.2, 0.25) is 0 Å². The number of nitrogens with one attached hydrogen (secondary N) is 2. The van der Waals surface area contributed by atoms with Crippen LogP contribution in [0.1, 0.15) is 38.7 Å². The van der Waals surface area contributed by atoms with Gasteiger partial charge in [-0.2, -0.15) is 0 Å². The summed E-state index contributed by atoms with van der Waals surface area (Å²) in [6.45, 7) is 4.74. The van der Waals surface area contributed by atoms with Gasteiger partial charge in [0.15, 0.2) is 0 Å². The molecule has 0 heterocycles. The molecule has 0 bridgehead atoms. The van der Waals surface area contributed by atoms with Crippen molar-refractivity contribution in [1.82, 2.24) is 10.6 Å². The van der Waals surface area contributed by atoms with Gasteiger partial charge in [-0.05, 0) is 31.0 Å². The largest absolute Gasteiger partial charge is 0.336 e. The normalized spacial score (nSPS) is 11.9. The molecular formula is C14H21BrN2O. The molecule has 3 nitrogen and oxygen atoms in total. The number of urea groups is 1.